The van der Waals surface area contributed by atoms with Crippen LogP contribution in [-0.4, -0.2) is 45.6 Å². The number of nitriles is 1. The Bertz CT molecular complexity index is 1110. The fraction of sp³-hybridized carbons (Fsp3) is 0.261. The number of halogens is 1. The van der Waals surface area contributed by atoms with Crippen LogP contribution in [0.1, 0.15) is 33.1 Å². The molecule has 1 unspecified atom stereocenters. The van der Waals surface area contributed by atoms with Gasteiger partial charge in [-0.3, -0.25) is 4.79 Å². The number of aromatic nitrogens is 3. The van der Waals surface area contributed by atoms with Gasteiger partial charge in [0.1, 0.15) is 11.9 Å². The molecule has 4 rings (SSSR count). The maximum Gasteiger partial charge on any atom is 0.255 e. The molecule has 1 aliphatic rings. The van der Waals surface area contributed by atoms with Crippen LogP contribution in [0.3, 0.4) is 0 Å². The predicted molar refractivity (Wildman–Crippen MR) is 118 cm³/mol. The summed E-state index contributed by atoms with van der Waals surface area (Å²) in [5.74, 6) is 0.991. The lowest BCUT2D eigenvalue weighted by atomic mass is 9.89. The number of amides is 1. The van der Waals surface area contributed by atoms with E-state index in [1.54, 1.807) is 24.4 Å². The Morgan fingerprint density at radius 2 is 2.03 bits per heavy atom. The lowest BCUT2D eigenvalue weighted by Gasteiger charge is -2.19. The first kappa shape index (κ1) is 20.8. The maximum atomic E-state index is 13.1. The highest BCUT2D eigenvalue weighted by Gasteiger charge is 2.36. The molecular formula is C23H21ClN6O. The summed E-state index contributed by atoms with van der Waals surface area (Å²) in [5.41, 5.74) is 2.92. The van der Waals surface area contributed by atoms with Gasteiger partial charge in [-0.15, -0.1) is 0 Å². The van der Waals surface area contributed by atoms with Crippen LogP contribution in [0.2, 0.25) is 5.02 Å². The predicted octanol–water partition coefficient (Wildman–Crippen LogP) is 3.67. The molecule has 1 aliphatic heterocycles. The highest BCUT2D eigenvalue weighted by Crippen LogP contribution is 2.34. The molecule has 0 radical (unpaired) electrons. The summed E-state index contributed by atoms with van der Waals surface area (Å²) in [5, 5.41) is 20.8. The first-order chi connectivity index (χ1) is 15.0. The minimum absolute atomic E-state index is 0.0454. The van der Waals surface area contributed by atoms with Crippen molar-refractivity contribution < 1.29 is 4.79 Å². The molecule has 0 saturated carbocycles. The van der Waals surface area contributed by atoms with E-state index in [0.29, 0.717) is 47.3 Å². The van der Waals surface area contributed by atoms with E-state index in [1.165, 1.54) is 6.20 Å². The van der Waals surface area contributed by atoms with E-state index in [2.05, 4.69) is 26.6 Å². The van der Waals surface area contributed by atoms with Crippen molar-refractivity contribution in [2.75, 3.05) is 25.0 Å². The third-order valence-electron chi connectivity index (χ3n) is 5.49. The second-order valence-corrected chi connectivity index (χ2v) is 8.08. The molecule has 7 nitrogen and oxygen atoms in total. The number of hydrogen-bond donors (Lipinski definition) is 1. The number of likely N-dealkylation sites (tertiary alicyclic amines) is 1. The molecular weight excluding hydrogens is 412 g/mol. The number of aryl methyl sites for hydroxylation is 1. The number of nitrogens with zero attached hydrogens (tertiary/aromatic N) is 5. The standard InChI is InChI=1S/C23H21ClN6O/c1-15-8-18(12-28-29-15)23(31)30-13-19(11-27-22-7-2-16(9-25)10-26-22)21(14-30)17-3-5-20(24)6-4-17/h2-8,10,12,19,21H,11,13-14H2,1H3,(H,26,27)/t19?,21-/m1/s1. The van der Waals surface area contributed by atoms with E-state index in [4.69, 9.17) is 16.9 Å². The Hall–Kier alpha value is -3.50. The molecule has 31 heavy (non-hydrogen) atoms. The van der Waals surface area contributed by atoms with Crippen LogP contribution >= 0.6 is 11.6 Å². The van der Waals surface area contributed by atoms with Crippen molar-refractivity contribution >= 4 is 23.3 Å². The number of pyridine rings is 1. The van der Waals surface area contributed by atoms with Crippen LogP contribution < -0.4 is 5.32 Å². The van der Waals surface area contributed by atoms with Crippen molar-refractivity contribution in [3.8, 4) is 6.07 Å². The van der Waals surface area contributed by atoms with Gasteiger partial charge >= 0.3 is 0 Å². The highest BCUT2D eigenvalue weighted by atomic mass is 35.5. The zero-order valence-electron chi connectivity index (χ0n) is 17.0. The molecule has 1 fully saturated rings. The van der Waals surface area contributed by atoms with Crippen LogP contribution in [0.25, 0.3) is 0 Å². The van der Waals surface area contributed by atoms with Gasteiger partial charge in [0, 0.05) is 42.7 Å². The monoisotopic (exact) mass is 432 g/mol. The van der Waals surface area contributed by atoms with E-state index in [9.17, 15) is 4.79 Å². The highest BCUT2D eigenvalue weighted by molar-refractivity contribution is 6.30. The zero-order valence-corrected chi connectivity index (χ0v) is 17.8. The first-order valence-corrected chi connectivity index (χ1v) is 10.4. The Morgan fingerprint density at radius 1 is 1.23 bits per heavy atom. The molecule has 3 heterocycles. The van der Waals surface area contributed by atoms with Crippen LogP contribution in [0.5, 0.6) is 0 Å². The summed E-state index contributed by atoms with van der Waals surface area (Å²) in [6, 6.07) is 15.2. The number of nitrogens with one attached hydrogen (secondary N) is 1. The van der Waals surface area contributed by atoms with Gasteiger partial charge in [0.25, 0.3) is 5.91 Å². The largest absolute Gasteiger partial charge is 0.370 e. The minimum atomic E-state index is -0.0454. The topological polar surface area (TPSA) is 94.8 Å². The van der Waals surface area contributed by atoms with Gasteiger partial charge < -0.3 is 10.2 Å². The van der Waals surface area contributed by atoms with Crippen LogP contribution in [-0.2, 0) is 0 Å². The summed E-state index contributed by atoms with van der Waals surface area (Å²) in [6.07, 6.45) is 3.06. The van der Waals surface area contributed by atoms with Gasteiger partial charge in [0.15, 0.2) is 0 Å². The average molecular weight is 433 g/mol. The van der Waals surface area contributed by atoms with Gasteiger partial charge in [0.2, 0.25) is 0 Å². The lowest BCUT2D eigenvalue weighted by Crippen LogP contribution is -2.30. The summed E-state index contributed by atoms with van der Waals surface area (Å²) in [7, 11) is 0. The summed E-state index contributed by atoms with van der Waals surface area (Å²) < 4.78 is 0. The Kier molecular flexibility index (Phi) is 6.10. The lowest BCUT2D eigenvalue weighted by molar-refractivity contribution is 0.0786. The Balaban J connectivity index is 1.53. The molecule has 1 N–H and O–H groups in total. The fourth-order valence-electron chi connectivity index (χ4n) is 3.90. The second-order valence-electron chi connectivity index (χ2n) is 7.64. The molecule has 1 saturated heterocycles. The van der Waals surface area contributed by atoms with Gasteiger partial charge in [0.05, 0.1) is 23.0 Å². The third-order valence-corrected chi connectivity index (χ3v) is 5.74. The van der Waals surface area contributed by atoms with Crippen molar-refractivity contribution in [2.24, 2.45) is 5.92 Å². The van der Waals surface area contributed by atoms with Crippen LogP contribution in [0.4, 0.5) is 5.82 Å². The smallest absolute Gasteiger partial charge is 0.255 e. The number of anilines is 1. The number of rotatable bonds is 5. The van der Waals surface area contributed by atoms with Gasteiger partial charge in [-0.2, -0.15) is 15.5 Å². The van der Waals surface area contributed by atoms with Crippen molar-refractivity contribution in [1.29, 1.82) is 5.26 Å². The molecule has 8 heteroatoms. The van der Waals surface area contributed by atoms with Crippen molar-refractivity contribution in [1.82, 2.24) is 20.1 Å². The molecule has 0 bridgehead atoms. The minimum Gasteiger partial charge on any atom is -0.370 e. The Labute approximate surface area is 185 Å². The fourth-order valence-corrected chi connectivity index (χ4v) is 4.03. The number of carbonyl (C=O) groups is 1. The van der Waals surface area contributed by atoms with Gasteiger partial charge in [-0.05, 0) is 42.8 Å². The average Bonchev–Trinajstić information content (AvgIpc) is 3.22. The molecule has 2 atom stereocenters. The molecule has 0 aliphatic carbocycles. The third kappa shape index (κ3) is 4.81. The van der Waals surface area contributed by atoms with Crippen molar-refractivity contribution in [2.45, 2.75) is 12.8 Å². The summed E-state index contributed by atoms with van der Waals surface area (Å²) in [4.78, 5) is 19.2. The number of carbonyl (C=O) groups excluding carboxylic acids is 1. The Morgan fingerprint density at radius 3 is 2.71 bits per heavy atom. The van der Waals surface area contributed by atoms with Crippen LogP contribution in [0, 0.1) is 24.2 Å². The first-order valence-electron chi connectivity index (χ1n) is 9.97. The van der Waals surface area contributed by atoms with Gasteiger partial charge in [-0.1, -0.05) is 23.7 Å². The zero-order chi connectivity index (χ0) is 21.8. The normalized spacial score (nSPS) is 17.9. The number of hydrogen-bond acceptors (Lipinski definition) is 6. The molecule has 2 aromatic heterocycles. The van der Waals surface area contributed by atoms with Crippen molar-refractivity contribution in [3.05, 3.63) is 82.3 Å². The van der Waals surface area contributed by atoms with Gasteiger partial charge in [-0.25, -0.2) is 4.98 Å². The van der Waals surface area contributed by atoms with E-state index >= 15 is 0 Å². The van der Waals surface area contributed by atoms with E-state index in [0.717, 1.165) is 5.56 Å². The second kappa shape index (κ2) is 9.11. The molecule has 0 spiro atoms. The van der Waals surface area contributed by atoms with E-state index in [-0.39, 0.29) is 17.7 Å². The quantitative estimate of drug-likeness (QED) is 0.660. The molecule has 3 aromatic rings. The molecule has 1 amide bonds. The SMILES string of the molecule is Cc1cc(C(=O)N2CC(CNc3ccc(C#N)cn3)[C@@H](c3ccc(Cl)cc3)C2)cnn1. The molecule has 1 aromatic carbocycles. The van der Waals surface area contributed by atoms with Crippen molar-refractivity contribution in [3.63, 3.8) is 0 Å². The maximum absolute atomic E-state index is 13.1. The summed E-state index contributed by atoms with van der Waals surface area (Å²) in [6.45, 7) is 3.68. The van der Waals surface area contributed by atoms with E-state index in [1.807, 2.05) is 36.1 Å². The van der Waals surface area contributed by atoms with Crippen LogP contribution in [0.15, 0.2) is 54.9 Å². The van der Waals surface area contributed by atoms with E-state index < -0.39 is 0 Å². The summed E-state index contributed by atoms with van der Waals surface area (Å²) >= 11 is 6.07. The molecule has 156 valence electrons. The number of benzene rings is 1.